The van der Waals surface area contributed by atoms with Crippen molar-refractivity contribution in [2.75, 3.05) is 7.05 Å². The summed E-state index contributed by atoms with van der Waals surface area (Å²) in [4.78, 5) is 7.64. The highest BCUT2D eigenvalue weighted by atomic mass is 32.2. The molecule has 0 fully saturated rings. The molecule has 166 valence electrons. The van der Waals surface area contributed by atoms with Crippen LogP contribution in [0.4, 0.5) is 4.39 Å². The number of aromatic amines is 1. The van der Waals surface area contributed by atoms with Gasteiger partial charge in [0.2, 0.25) is 0 Å². The van der Waals surface area contributed by atoms with Gasteiger partial charge in [0.25, 0.3) is 10.0 Å². The molecule has 0 unspecified atom stereocenters. The first-order chi connectivity index (χ1) is 15.8. The lowest BCUT2D eigenvalue weighted by Crippen LogP contribution is -2.23. The van der Waals surface area contributed by atoms with Gasteiger partial charge in [0.05, 0.1) is 23.0 Å². The van der Waals surface area contributed by atoms with Crippen LogP contribution in [0.3, 0.4) is 0 Å². The monoisotopic (exact) mass is 461 g/mol. The predicted octanol–water partition coefficient (Wildman–Crippen LogP) is 4.58. The molecule has 0 bridgehead atoms. The van der Waals surface area contributed by atoms with Gasteiger partial charge in [-0.15, -0.1) is 0 Å². The number of hydrazone groups is 1. The lowest BCUT2D eigenvalue weighted by molar-refractivity contribution is 0.489. The van der Waals surface area contributed by atoms with Gasteiger partial charge in [0.15, 0.2) is 0 Å². The van der Waals surface area contributed by atoms with E-state index in [0.717, 1.165) is 32.6 Å². The Morgan fingerprint density at radius 1 is 1.12 bits per heavy atom. The maximum Gasteiger partial charge on any atom is 0.279 e. The van der Waals surface area contributed by atoms with Crippen molar-refractivity contribution >= 4 is 32.8 Å². The van der Waals surface area contributed by atoms with Crippen molar-refractivity contribution in [3.8, 4) is 11.3 Å². The lowest BCUT2D eigenvalue weighted by Gasteiger charge is -2.15. The highest BCUT2D eigenvalue weighted by molar-refractivity contribution is 7.89. The molecule has 0 amide bonds. The zero-order chi connectivity index (χ0) is 23.2. The second-order valence-electron chi connectivity index (χ2n) is 7.69. The minimum absolute atomic E-state index is 0.124. The summed E-state index contributed by atoms with van der Waals surface area (Å²) in [6.45, 7) is 1.61. The van der Waals surface area contributed by atoms with E-state index in [1.165, 1.54) is 25.4 Å². The molecule has 0 aliphatic rings. The highest BCUT2D eigenvalue weighted by Gasteiger charge is 2.22. The lowest BCUT2D eigenvalue weighted by atomic mass is 10.2. The average Bonchev–Trinajstić information content (AvgIpc) is 3.42. The van der Waals surface area contributed by atoms with Crippen LogP contribution >= 0.6 is 0 Å². The summed E-state index contributed by atoms with van der Waals surface area (Å²) in [6.07, 6.45) is 4.95. The standard InChI is InChI=1S/C24H20FN5O2S/c1-16-7-9-19(25)12-23(16)33(31,32)29(2)27-14-20-13-26-24-10-8-18(15-30(20)24)22-11-17-5-3-4-6-21(17)28-22/h3-15,28H,1-2H3/b27-14-. The Bertz CT molecular complexity index is 1600. The van der Waals surface area contributed by atoms with E-state index in [4.69, 9.17) is 0 Å². The molecule has 0 spiro atoms. The van der Waals surface area contributed by atoms with Crippen LogP contribution in [0.15, 0.2) is 83.1 Å². The number of aryl methyl sites for hydroxylation is 1. The van der Waals surface area contributed by atoms with Crippen molar-refractivity contribution in [3.05, 3.63) is 90.1 Å². The van der Waals surface area contributed by atoms with Crippen LogP contribution in [0.2, 0.25) is 0 Å². The Kier molecular flexibility index (Phi) is 4.98. The topological polar surface area (TPSA) is 82.8 Å². The summed E-state index contributed by atoms with van der Waals surface area (Å²) in [5, 5.41) is 5.21. The second-order valence-corrected chi connectivity index (χ2v) is 9.61. The number of rotatable bonds is 5. The maximum atomic E-state index is 13.6. The summed E-state index contributed by atoms with van der Waals surface area (Å²) in [5.41, 5.74) is 4.68. The summed E-state index contributed by atoms with van der Waals surface area (Å²) in [7, 11) is -2.69. The van der Waals surface area contributed by atoms with E-state index in [2.05, 4.69) is 21.1 Å². The minimum atomic E-state index is -4.00. The molecule has 5 rings (SSSR count). The SMILES string of the molecule is Cc1ccc(F)cc1S(=O)(=O)N(C)/N=C\c1cnc2ccc(-c3cc4ccccc4[nH]3)cn12. The van der Waals surface area contributed by atoms with E-state index in [1.54, 1.807) is 13.1 Å². The van der Waals surface area contributed by atoms with Crippen molar-refractivity contribution in [3.63, 3.8) is 0 Å². The molecule has 0 radical (unpaired) electrons. The van der Waals surface area contributed by atoms with Gasteiger partial charge < -0.3 is 4.98 Å². The van der Waals surface area contributed by atoms with Crippen LogP contribution < -0.4 is 0 Å². The van der Waals surface area contributed by atoms with Crippen molar-refractivity contribution in [2.45, 2.75) is 11.8 Å². The van der Waals surface area contributed by atoms with Crippen LogP contribution in [-0.4, -0.2) is 40.5 Å². The quantitative estimate of drug-likeness (QED) is 0.307. The van der Waals surface area contributed by atoms with Crippen LogP contribution in [-0.2, 0) is 10.0 Å². The zero-order valence-electron chi connectivity index (χ0n) is 17.9. The summed E-state index contributed by atoms with van der Waals surface area (Å²) < 4.78 is 42.0. The number of imidazole rings is 1. The Morgan fingerprint density at radius 2 is 1.94 bits per heavy atom. The molecule has 0 aliphatic heterocycles. The highest BCUT2D eigenvalue weighted by Crippen LogP contribution is 2.25. The van der Waals surface area contributed by atoms with E-state index in [1.807, 2.05) is 47.0 Å². The molecule has 2 aromatic carbocycles. The van der Waals surface area contributed by atoms with Gasteiger partial charge in [-0.05, 0) is 48.9 Å². The van der Waals surface area contributed by atoms with Crippen LogP contribution in [0.1, 0.15) is 11.3 Å². The van der Waals surface area contributed by atoms with E-state index in [9.17, 15) is 12.8 Å². The smallest absolute Gasteiger partial charge is 0.279 e. The first-order valence-electron chi connectivity index (χ1n) is 10.2. The fraction of sp³-hybridized carbons (Fsp3) is 0.0833. The fourth-order valence-electron chi connectivity index (χ4n) is 3.68. The zero-order valence-corrected chi connectivity index (χ0v) is 18.7. The number of para-hydroxylation sites is 1. The first kappa shape index (κ1) is 20.9. The van der Waals surface area contributed by atoms with Crippen LogP contribution in [0, 0.1) is 12.7 Å². The molecule has 33 heavy (non-hydrogen) atoms. The predicted molar refractivity (Wildman–Crippen MR) is 126 cm³/mol. The van der Waals surface area contributed by atoms with Gasteiger partial charge >= 0.3 is 0 Å². The normalized spacial score (nSPS) is 12.2. The molecule has 1 N–H and O–H groups in total. The Labute approximate surface area is 189 Å². The molecule has 0 saturated heterocycles. The van der Waals surface area contributed by atoms with E-state index < -0.39 is 15.8 Å². The number of nitrogens with one attached hydrogen (secondary N) is 1. The van der Waals surface area contributed by atoms with Crippen molar-refractivity contribution in [1.82, 2.24) is 18.8 Å². The van der Waals surface area contributed by atoms with Gasteiger partial charge in [-0.2, -0.15) is 17.9 Å². The Hall–Kier alpha value is -3.98. The van der Waals surface area contributed by atoms with E-state index >= 15 is 0 Å². The average molecular weight is 462 g/mol. The number of H-pyrrole nitrogens is 1. The summed E-state index contributed by atoms with van der Waals surface area (Å²) in [5.74, 6) is -0.622. The molecular formula is C24H20FN5O2S. The number of nitrogens with zero attached hydrogens (tertiary/aromatic N) is 4. The number of aromatic nitrogens is 3. The second kappa shape index (κ2) is 7.86. The van der Waals surface area contributed by atoms with E-state index in [-0.39, 0.29) is 4.90 Å². The number of halogens is 1. The van der Waals surface area contributed by atoms with Gasteiger partial charge in [0, 0.05) is 35.4 Å². The summed E-state index contributed by atoms with van der Waals surface area (Å²) >= 11 is 0. The van der Waals surface area contributed by atoms with Crippen molar-refractivity contribution in [1.29, 1.82) is 0 Å². The number of sulfonamides is 1. The molecule has 0 saturated carbocycles. The summed E-state index contributed by atoms with van der Waals surface area (Å²) in [6, 6.07) is 17.6. The third kappa shape index (κ3) is 3.76. The molecule has 0 aliphatic carbocycles. The molecule has 3 aromatic heterocycles. The Balaban J connectivity index is 1.48. The molecule has 7 nitrogen and oxygen atoms in total. The first-order valence-corrected chi connectivity index (χ1v) is 11.6. The largest absolute Gasteiger partial charge is 0.354 e. The van der Waals surface area contributed by atoms with Gasteiger partial charge in [-0.25, -0.2) is 9.37 Å². The minimum Gasteiger partial charge on any atom is -0.354 e. The number of benzene rings is 2. The van der Waals surface area contributed by atoms with Crippen LogP contribution in [0.25, 0.3) is 27.8 Å². The number of hydrogen-bond acceptors (Lipinski definition) is 4. The molecule has 0 atom stereocenters. The van der Waals surface area contributed by atoms with Gasteiger partial charge in [-0.1, -0.05) is 24.3 Å². The number of fused-ring (bicyclic) bond motifs is 2. The van der Waals surface area contributed by atoms with Crippen molar-refractivity contribution < 1.29 is 12.8 Å². The third-order valence-electron chi connectivity index (χ3n) is 5.50. The van der Waals surface area contributed by atoms with Crippen molar-refractivity contribution in [2.24, 2.45) is 5.10 Å². The molecular weight excluding hydrogens is 441 g/mol. The Morgan fingerprint density at radius 3 is 2.76 bits per heavy atom. The third-order valence-corrected chi connectivity index (χ3v) is 7.29. The van der Waals surface area contributed by atoms with E-state index in [0.29, 0.717) is 16.9 Å². The van der Waals surface area contributed by atoms with Gasteiger partial charge in [-0.3, -0.25) is 4.40 Å². The maximum absolute atomic E-state index is 13.6. The van der Waals surface area contributed by atoms with Gasteiger partial charge in [0.1, 0.15) is 11.5 Å². The molecule has 5 aromatic rings. The number of hydrogen-bond donors (Lipinski definition) is 1. The van der Waals surface area contributed by atoms with Crippen LogP contribution in [0.5, 0.6) is 0 Å². The number of pyridine rings is 1. The molecule has 9 heteroatoms. The fourth-order valence-corrected chi connectivity index (χ4v) is 4.87. The molecule has 3 heterocycles.